The van der Waals surface area contributed by atoms with Gasteiger partial charge in [-0.15, -0.1) is 5.10 Å². The number of nitrogens with zero attached hydrogens (tertiary/aromatic N) is 2. The third-order valence-electron chi connectivity index (χ3n) is 3.60. The first-order valence-corrected chi connectivity index (χ1v) is 7.72. The van der Waals surface area contributed by atoms with E-state index in [2.05, 4.69) is 5.10 Å². The molecule has 1 heterocycles. The molecule has 0 saturated heterocycles. The lowest BCUT2D eigenvalue weighted by atomic mass is 10.1. The highest BCUT2D eigenvalue weighted by Crippen LogP contribution is 2.31. The van der Waals surface area contributed by atoms with Gasteiger partial charge in [0.05, 0.1) is 16.5 Å². The Kier molecular flexibility index (Phi) is 4.39. The van der Waals surface area contributed by atoms with Crippen LogP contribution in [-0.4, -0.2) is 20.9 Å². The van der Waals surface area contributed by atoms with Gasteiger partial charge in [-0.2, -0.15) is 0 Å². The zero-order chi connectivity index (χ0) is 18.1. The van der Waals surface area contributed by atoms with Crippen LogP contribution in [0.15, 0.2) is 36.4 Å². The molecule has 0 bridgehead atoms. The first-order chi connectivity index (χ1) is 11.8. The average molecular weight is 346 g/mol. The van der Waals surface area contributed by atoms with Crippen molar-refractivity contribution < 1.29 is 23.4 Å². The van der Waals surface area contributed by atoms with E-state index < -0.39 is 17.6 Å². The first kappa shape index (κ1) is 16.9. The maximum absolute atomic E-state index is 13.8. The number of hydrogen-bond donors (Lipinski definition) is 1. The summed E-state index contributed by atoms with van der Waals surface area (Å²) in [5.41, 5.74) is 0.697. The SMILES string of the molecule is CC(C)Cn1nc(Oc2ccc(F)cc2F)c2ccc(C(=O)O)cc21. The molecule has 0 spiro atoms. The Morgan fingerprint density at radius 3 is 2.64 bits per heavy atom. The summed E-state index contributed by atoms with van der Waals surface area (Å²) in [6.07, 6.45) is 0. The van der Waals surface area contributed by atoms with Gasteiger partial charge in [0.2, 0.25) is 5.88 Å². The highest BCUT2D eigenvalue weighted by molar-refractivity contribution is 5.95. The molecule has 0 unspecified atom stereocenters. The lowest BCUT2D eigenvalue weighted by molar-refractivity contribution is 0.0697. The van der Waals surface area contributed by atoms with Gasteiger partial charge in [0.15, 0.2) is 11.6 Å². The Balaban J connectivity index is 2.09. The number of halogens is 2. The Bertz CT molecular complexity index is 951. The van der Waals surface area contributed by atoms with Crippen LogP contribution >= 0.6 is 0 Å². The van der Waals surface area contributed by atoms with Crippen LogP contribution in [0.1, 0.15) is 24.2 Å². The number of carboxylic acid groups (broad SMARTS) is 1. The highest BCUT2D eigenvalue weighted by Gasteiger charge is 2.17. The van der Waals surface area contributed by atoms with Crippen LogP contribution in [0.25, 0.3) is 10.9 Å². The third-order valence-corrected chi connectivity index (χ3v) is 3.60. The van der Waals surface area contributed by atoms with E-state index in [1.165, 1.54) is 18.2 Å². The molecular formula is C18H16F2N2O3. The minimum atomic E-state index is -1.05. The van der Waals surface area contributed by atoms with Crippen molar-refractivity contribution in [2.24, 2.45) is 5.92 Å². The molecule has 0 amide bonds. The molecule has 1 aromatic heterocycles. The molecule has 2 aromatic carbocycles. The zero-order valence-electron chi connectivity index (χ0n) is 13.7. The molecule has 0 fully saturated rings. The summed E-state index contributed by atoms with van der Waals surface area (Å²) in [6, 6.07) is 7.50. The van der Waals surface area contributed by atoms with Gasteiger partial charge in [0, 0.05) is 12.6 Å². The smallest absolute Gasteiger partial charge is 0.335 e. The van der Waals surface area contributed by atoms with E-state index in [9.17, 15) is 18.7 Å². The zero-order valence-corrected chi connectivity index (χ0v) is 13.7. The lowest BCUT2D eigenvalue weighted by Gasteiger charge is -2.06. The molecule has 0 radical (unpaired) electrons. The van der Waals surface area contributed by atoms with Crippen molar-refractivity contribution in [1.82, 2.24) is 9.78 Å². The minimum absolute atomic E-state index is 0.122. The molecule has 3 rings (SSSR count). The van der Waals surface area contributed by atoms with Crippen molar-refractivity contribution in [3.8, 4) is 11.6 Å². The van der Waals surface area contributed by atoms with Crippen LogP contribution in [0.3, 0.4) is 0 Å². The van der Waals surface area contributed by atoms with Gasteiger partial charge in [-0.1, -0.05) is 13.8 Å². The molecule has 7 heteroatoms. The molecule has 5 nitrogen and oxygen atoms in total. The molecule has 0 aliphatic rings. The Labute approximate surface area is 142 Å². The summed E-state index contributed by atoms with van der Waals surface area (Å²) in [7, 11) is 0. The van der Waals surface area contributed by atoms with Gasteiger partial charge in [-0.05, 0) is 36.2 Å². The second kappa shape index (κ2) is 6.51. The predicted molar refractivity (Wildman–Crippen MR) is 88.0 cm³/mol. The van der Waals surface area contributed by atoms with E-state index in [-0.39, 0.29) is 23.1 Å². The number of rotatable bonds is 5. The van der Waals surface area contributed by atoms with Gasteiger partial charge in [0.1, 0.15) is 5.82 Å². The Morgan fingerprint density at radius 2 is 2.00 bits per heavy atom. The third kappa shape index (κ3) is 3.45. The standard InChI is InChI=1S/C18H16F2N2O3/c1-10(2)9-22-15-7-11(18(23)24)3-5-13(15)17(21-22)25-16-6-4-12(19)8-14(16)20/h3-8,10H,9H2,1-2H3,(H,23,24). The van der Waals surface area contributed by atoms with E-state index in [1.54, 1.807) is 10.7 Å². The van der Waals surface area contributed by atoms with Crippen molar-refractivity contribution in [2.45, 2.75) is 20.4 Å². The van der Waals surface area contributed by atoms with Gasteiger partial charge < -0.3 is 9.84 Å². The van der Waals surface area contributed by atoms with Gasteiger partial charge in [0.25, 0.3) is 0 Å². The van der Waals surface area contributed by atoms with Gasteiger partial charge >= 0.3 is 5.97 Å². The van der Waals surface area contributed by atoms with Crippen LogP contribution in [0.5, 0.6) is 11.6 Å². The van der Waals surface area contributed by atoms with Crippen molar-refractivity contribution in [3.63, 3.8) is 0 Å². The van der Waals surface area contributed by atoms with Crippen LogP contribution in [0.4, 0.5) is 8.78 Å². The van der Waals surface area contributed by atoms with Crippen LogP contribution in [-0.2, 0) is 6.54 Å². The number of benzene rings is 2. The molecule has 0 atom stereocenters. The summed E-state index contributed by atoms with van der Waals surface area (Å²) >= 11 is 0. The highest BCUT2D eigenvalue weighted by atomic mass is 19.1. The number of hydrogen-bond acceptors (Lipinski definition) is 3. The molecule has 1 N–H and O–H groups in total. The van der Waals surface area contributed by atoms with Crippen molar-refractivity contribution in [3.05, 3.63) is 53.6 Å². The fourth-order valence-electron chi connectivity index (χ4n) is 2.50. The van der Waals surface area contributed by atoms with E-state index in [0.29, 0.717) is 17.4 Å². The summed E-state index contributed by atoms with van der Waals surface area (Å²) in [4.78, 5) is 11.2. The van der Waals surface area contributed by atoms with Crippen LogP contribution in [0.2, 0.25) is 0 Å². The number of aromatic carboxylic acids is 1. The fraction of sp³-hybridized carbons (Fsp3) is 0.222. The van der Waals surface area contributed by atoms with Crippen molar-refractivity contribution in [1.29, 1.82) is 0 Å². The number of carbonyl (C=O) groups is 1. The summed E-state index contributed by atoms with van der Waals surface area (Å²) < 4.78 is 34.0. The topological polar surface area (TPSA) is 64.4 Å². The predicted octanol–water partition coefficient (Wildman–Crippen LogP) is 4.46. The second-order valence-electron chi connectivity index (χ2n) is 6.09. The molecule has 0 aliphatic carbocycles. The Hall–Kier alpha value is -2.96. The van der Waals surface area contributed by atoms with E-state index in [1.807, 2.05) is 13.8 Å². The van der Waals surface area contributed by atoms with Gasteiger partial charge in [-0.3, -0.25) is 4.68 Å². The second-order valence-corrected chi connectivity index (χ2v) is 6.09. The maximum Gasteiger partial charge on any atom is 0.335 e. The monoisotopic (exact) mass is 346 g/mol. The summed E-state index contributed by atoms with van der Waals surface area (Å²) in [6.45, 7) is 4.53. The lowest BCUT2D eigenvalue weighted by Crippen LogP contribution is -2.06. The maximum atomic E-state index is 13.8. The Morgan fingerprint density at radius 1 is 1.24 bits per heavy atom. The van der Waals surface area contributed by atoms with Crippen molar-refractivity contribution in [2.75, 3.05) is 0 Å². The molecule has 0 aliphatic heterocycles. The van der Waals surface area contributed by atoms with E-state index >= 15 is 0 Å². The number of fused-ring (bicyclic) bond motifs is 1. The van der Waals surface area contributed by atoms with Crippen LogP contribution < -0.4 is 4.74 Å². The van der Waals surface area contributed by atoms with E-state index in [4.69, 9.17) is 4.74 Å². The van der Waals surface area contributed by atoms with Crippen LogP contribution in [0, 0.1) is 17.6 Å². The number of ether oxygens (including phenoxy) is 1. The van der Waals surface area contributed by atoms with Gasteiger partial charge in [-0.25, -0.2) is 13.6 Å². The molecule has 130 valence electrons. The summed E-state index contributed by atoms with van der Waals surface area (Å²) in [5.74, 6) is -2.35. The molecule has 0 saturated carbocycles. The number of carboxylic acids is 1. The summed E-state index contributed by atoms with van der Waals surface area (Å²) in [5, 5.41) is 14.1. The van der Waals surface area contributed by atoms with E-state index in [0.717, 1.165) is 12.1 Å². The molecule has 3 aromatic rings. The normalized spacial score (nSPS) is 11.2. The molecular weight excluding hydrogens is 330 g/mol. The van der Waals surface area contributed by atoms with Crippen molar-refractivity contribution >= 4 is 16.9 Å². The molecule has 25 heavy (non-hydrogen) atoms. The number of aromatic nitrogens is 2. The average Bonchev–Trinajstić information content (AvgIpc) is 2.86. The minimum Gasteiger partial charge on any atom is -0.478 e. The quantitative estimate of drug-likeness (QED) is 0.741. The largest absolute Gasteiger partial charge is 0.478 e. The first-order valence-electron chi connectivity index (χ1n) is 7.72. The fourth-order valence-corrected chi connectivity index (χ4v) is 2.50.